The zero-order valence-electron chi connectivity index (χ0n) is 10.3. The number of aliphatic hydroxyl groups excluding tert-OH is 2. The Morgan fingerprint density at radius 2 is 1.71 bits per heavy atom. The Balaban J connectivity index is 3.08. The van der Waals surface area contributed by atoms with E-state index < -0.39 is 12.2 Å². The summed E-state index contributed by atoms with van der Waals surface area (Å²) >= 11 is 0. The van der Waals surface area contributed by atoms with Crippen molar-refractivity contribution in [3.63, 3.8) is 0 Å². The average molecular weight is 241 g/mol. The molecule has 5 heteroatoms. The molecule has 0 heterocycles. The van der Waals surface area contributed by atoms with E-state index in [-0.39, 0.29) is 6.54 Å². The van der Waals surface area contributed by atoms with Crippen molar-refractivity contribution < 1.29 is 19.7 Å². The molecule has 2 atom stereocenters. The Kier molecular flexibility index (Phi) is 5.21. The third kappa shape index (κ3) is 3.09. The molecule has 0 saturated heterocycles. The fourth-order valence-corrected chi connectivity index (χ4v) is 1.68. The molecule has 0 aliphatic rings. The SMILES string of the molecule is CNCC(O)C(O)c1c(OC)cccc1OC. The molecule has 2 unspecified atom stereocenters. The highest BCUT2D eigenvalue weighted by molar-refractivity contribution is 5.46. The van der Waals surface area contributed by atoms with E-state index in [4.69, 9.17) is 9.47 Å². The monoisotopic (exact) mass is 241 g/mol. The van der Waals surface area contributed by atoms with Gasteiger partial charge in [-0.2, -0.15) is 0 Å². The number of methoxy groups -OCH3 is 2. The molecule has 0 amide bonds. The Morgan fingerprint density at radius 3 is 2.12 bits per heavy atom. The number of hydrogen-bond acceptors (Lipinski definition) is 5. The lowest BCUT2D eigenvalue weighted by Crippen LogP contribution is -2.30. The maximum atomic E-state index is 10.1. The normalized spacial score (nSPS) is 14.2. The second kappa shape index (κ2) is 6.44. The van der Waals surface area contributed by atoms with Crippen LogP contribution >= 0.6 is 0 Å². The summed E-state index contributed by atoms with van der Waals surface area (Å²) in [6.45, 7) is 0.280. The number of likely N-dealkylation sites (N-methyl/N-ethyl adjacent to an activating group) is 1. The summed E-state index contributed by atoms with van der Waals surface area (Å²) in [5, 5.41) is 22.7. The smallest absolute Gasteiger partial charge is 0.128 e. The minimum absolute atomic E-state index is 0.280. The standard InChI is InChI=1S/C12H19NO4/c1-13-7-8(14)12(15)11-9(16-2)5-4-6-10(11)17-3/h4-6,8,12-15H,7H2,1-3H3. The van der Waals surface area contributed by atoms with E-state index in [2.05, 4.69) is 5.32 Å². The van der Waals surface area contributed by atoms with Crippen LogP contribution in [0.5, 0.6) is 11.5 Å². The summed E-state index contributed by atoms with van der Waals surface area (Å²) in [6.07, 6.45) is -1.99. The molecule has 5 nitrogen and oxygen atoms in total. The fraction of sp³-hybridized carbons (Fsp3) is 0.500. The van der Waals surface area contributed by atoms with Gasteiger partial charge in [0.25, 0.3) is 0 Å². The van der Waals surface area contributed by atoms with Crippen molar-refractivity contribution in [1.29, 1.82) is 0 Å². The number of hydrogen-bond donors (Lipinski definition) is 3. The van der Waals surface area contributed by atoms with E-state index in [0.717, 1.165) is 0 Å². The summed E-state index contributed by atoms with van der Waals surface area (Å²) in [7, 11) is 4.72. The molecule has 0 aliphatic carbocycles. The second-order valence-corrected chi connectivity index (χ2v) is 3.65. The van der Waals surface area contributed by atoms with Crippen LogP contribution in [0.2, 0.25) is 0 Å². The molecule has 0 bridgehead atoms. The van der Waals surface area contributed by atoms with Crippen molar-refractivity contribution in [3.05, 3.63) is 23.8 Å². The molecule has 17 heavy (non-hydrogen) atoms. The van der Waals surface area contributed by atoms with Crippen LogP contribution in [0.4, 0.5) is 0 Å². The van der Waals surface area contributed by atoms with Gasteiger partial charge in [-0.25, -0.2) is 0 Å². The summed E-state index contributed by atoms with van der Waals surface area (Å²) in [5.74, 6) is 0.985. The van der Waals surface area contributed by atoms with Crippen molar-refractivity contribution in [2.45, 2.75) is 12.2 Å². The molecule has 3 N–H and O–H groups in total. The van der Waals surface area contributed by atoms with Crippen molar-refractivity contribution in [2.24, 2.45) is 0 Å². The Bertz CT molecular complexity index is 334. The van der Waals surface area contributed by atoms with Gasteiger partial charge in [-0.15, -0.1) is 0 Å². The largest absolute Gasteiger partial charge is 0.496 e. The molecule has 96 valence electrons. The van der Waals surface area contributed by atoms with Gasteiger partial charge >= 0.3 is 0 Å². The molecule has 0 radical (unpaired) electrons. The van der Waals surface area contributed by atoms with E-state index in [9.17, 15) is 10.2 Å². The first-order valence-corrected chi connectivity index (χ1v) is 5.37. The topological polar surface area (TPSA) is 71.0 Å². The van der Waals surface area contributed by atoms with Gasteiger partial charge in [-0.1, -0.05) is 6.07 Å². The summed E-state index contributed by atoms with van der Waals surface area (Å²) < 4.78 is 10.3. The highest BCUT2D eigenvalue weighted by atomic mass is 16.5. The molecule has 0 aliphatic heterocycles. The molecule has 1 aromatic carbocycles. The lowest BCUT2D eigenvalue weighted by Gasteiger charge is -2.22. The fourth-order valence-electron chi connectivity index (χ4n) is 1.68. The van der Waals surface area contributed by atoms with Crippen LogP contribution in [0.1, 0.15) is 11.7 Å². The lowest BCUT2D eigenvalue weighted by molar-refractivity contribution is 0.0174. The van der Waals surface area contributed by atoms with Crippen LogP contribution in [-0.2, 0) is 0 Å². The van der Waals surface area contributed by atoms with Crippen molar-refractivity contribution >= 4 is 0 Å². The van der Waals surface area contributed by atoms with Crippen LogP contribution in [-0.4, -0.2) is 44.1 Å². The van der Waals surface area contributed by atoms with Gasteiger partial charge in [0.05, 0.1) is 25.9 Å². The van der Waals surface area contributed by atoms with Crippen LogP contribution in [0, 0.1) is 0 Å². The zero-order valence-corrected chi connectivity index (χ0v) is 10.3. The number of ether oxygens (including phenoxy) is 2. The van der Waals surface area contributed by atoms with E-state index in [1.165, 1.54) is 14.2 Å². The number of benzene rings is 1. The number of nitrogens with one attached hydrogen (secondary N) is 1. The molecule has 0 saturated carbocycles. The first-order valence-electron chi connectivity index (χ1n) is 5.37. The van der Waals surface area contributed by atoms with Gasteiger partial charge in [-0.05, 0) is 19.2 Å². The minimum atomic E-state index is -1.06. The van der Waals surface area contributed by atoms with Crippen molar-refractivity contribution in [3.8, 4) is 11.5 Å². The molecule has 1 rings (SSSR count). The van der Waals surface area contributed by atoms with Gasteiger partial charge in [0.15, 0.2) is 0 Å². The van der Waals surface area contributed by atoms with Crippen molar-refractivity contribution in [2.75, 3.05) is 27.8 Å². The van der Waals surface area contributed by atoms with Gasteiger partial charge in [0, 0.05) is 6.54 Å². The zero-order chi connectivity index (χ0) is 12.8. The molecule has 1 aromatic rings. The van der Waals surface area contributed by atoms with Gasteiger partial charge in [0.1, 0.15) is 17.6 Å². The maximum absolute atomic E-state index is 10.1. The Morgan fingerprint density at radius 1 is 1.18 bits per heavy atom. The quantitative estimate of drug-likeness (QED) is 0.669. The predicted molar refractivity (Wildman–Crippen MR) is 64.4 cm³/mol. The van der Waals surface area contributed by atoms with Gasteiger partial charge < -0.3 is 25.0 Å². The summed E-state index contributed by atoms with van der Waals surface area (Å²) in [6, 6.07) is 5.19. The molecular weight excluding hydrogens is 222 g/mol. The molecule has 0 aromatic heterocycles. The van der Waals surface area contributed by atoms with E-state index in [1.54, 1.807) is 25.2 Å². The lowest BCUT2D eigenvalue weighted by atomic mass is 10.0. The van der Waals surface area contributed by atoms with Crippen LogP contribution in [0.3, 0.4) is 0 Å². The minimum Gasteiger partial charge on any atom is -0.496 e. The van der Waals surface area contributed by atoms with Crippen molar-refractivity contribution in [1.82, 2.24) is 5.32 Å². The Hall–Kier alpha value is -1.30. The average Bonchev–Trinajstić information content (AvgIpc) is 2.37. The highest BCUT2D eigenvalue weighted by Gasteiger charge is 2.24. The third-order valence-corrected chi connectivity index (χ3v) is 2.54. The second-order valence-electron chi connectivity index (χ2n) is 3.65. The van der Waals surface area contributed by atoms with E-state index in [0.29, 0.717) is 17.1 Å². The summed E-state index contributed by atoms with van der Waals surface area (Å²) in [4.78, 5) is 0. The van der Waals surface area contributed by atoms with Gasteiger partial charge in [0.2, 0.25) is 0 Å². The molecule has 0 fully saturated rings. The van der Waals surface area contributed by atoms with E-state index in [1.807, 2.05) is 0 Å². The summed E-state index contributed by atoms with van der Waals surface area (Å²) in [5.41, 5.74) is 0.459. The highest BCUT2D eigenvalue weighted by Crippen LogP contribution is 2.35. The number of aliphatic hydroxyl groups is 2. The van der Waals surface area contributed by atoms with Crippen LogP contribution < -0.4 is 14.8 Å². The maximum Gasteiger partial charge on any atom is 0.128 e. The molecular formula is C12H19NO4. The predicted octanol–water partition coefficient (Wildman–Crippen LogP) is 0.317. The first kappa shape index (κ1) is 13.8. The number of rotatable bonds is 6. The third-order valence-electron chi connectivity index (χ3n) is 2.54. The first-order chi connectivity index (χ1) is 8.15. The Labute approximate surface area is 101 Å². The molecule has 0 spiro atoms. The van der Waals surface area contributed by atoms with E-state index >= 15 is 0 Å². The van der Waals surface area contributed by atoms with Crippen LogP contribution in [0.15, 0.2) is 18.2 Å². The van der Waals surface area contributed by atoms with Gasteiger partial charge in [-0.3, -0.25) is 0 Å². The van der Waals surface area contributed by atoms with Crippen LogP contribution in [0.25, 0.3) is 0 Å².